The predicted molar refractivity (Wildman–Crippen MR) is 79.4 cm³/mol. The van der Waals surface area contributed by atoms with Gasteiger partial charge in [0.15, 0.2) is 0 Å². The summed E-state index contributed by atoms with van der Waals surface area (Å²) in [5, 5.41) is 9.75. The van der Waals surface area contributed by atoms with Crippen molar-refractivity contribution in [2.24, 2.45) is 0 Å². The van der Waals surface area contributed by atoms with Crippen LogP contribution in [0.5, 0.6) is 17.2 Å². The third-order valence-electron chi connectivity index (χ3n) is 3.00. The molecule has 1 atom stereocenters. The van der Waals surface area contributed by atoms with E-state index >= 15 is 0 Å². The normalized spacial score (nSPS) is 11.9. The fraction of sp³-hybridized carbons (Fsp3) is 0.294. The first-order valence-corrected chi connectivity index (χ1v) is 6.91. The van der Waals surface area contributed by atoms with Crippen molar-refractivity contribution < 1.29 is 14.6 Å². The molecule has 0 aliphatic rings. The predicted octanol–water partition coefficient (Wildman–Crippen LogP) is 4.32. The van der Waals surface area contributed by atoms with Gasteiger partial charge >= 0.3 is 0 Å². The Hall–Kier alpha value is -2.00. The van der Waals surface area contributed by atoms with Crippen LogP contribution in [0.3, 0.4) is 0 Å². The van der Waals surface area contributed by atoms with Crippen molar-refractivity contribution in [1.82, 2.24) is 0 Å². The Morgan fingerprint density at radius 1 is 0.950 bits per heavy atom. The van der Waals surface area contributed by atoms with Crippen LogP contribution in [0.25, 0.3) is 0 Å². The van der Waals surface area contributed by atoms with E-state index in [1.807, 2.05) is 62.4 Å². The summed E-state index contributed by atoms with van der Waals surface area (Å²) in [5.74, 6) is 2.27. The molecule has 0 saturated carbocycles. The molecule has 106 valence electrons. The molecule has 0 radical (unpaired) electrons. The summed E-state index contributed by atoms with van der Waals surface area (Å²) in [6, 6.07) is 15.0. The van der Waals surface area contributed by atoms with E-state index in [1.165, 1.54) is 0 Å². The SMILES string of the molecule is CCOc1cccc(Oc2ccc([C@H](O)CC)cc2)c1. The van der Waals surface area contributed by atoms with E-state index in [0.717, 1.165) is 22.8 Å². The monoisotopic (exact) mass is 272 g/mol. The zero-order valence-corrected chi connectivity index (χ0v) is 11.9. The number of hydrogen-bond donors (Lipinski definition) is 1. The van der Waals surface area contributed by atoms with Crippen molar-refractivity contribution in [3.05, 3.63) is 54.1 Å². The molecular formula is C17H20O3. The summed E-state index contributed by atoms with van der Waals surface area (Å²) in [4.78, 5) is 0. The molecule has 0 fully saturated rings. The lowest BCUT2D eigenvalue weighted by Gasteiger charge is -2.10. The van der Waals surface area contributed by atoms with Crippen molar-refractivity contribution in [2.45, 2.75) is 26.4 Å². The molecule has 2 aromatic carbocycles. The van der Waals surface area contributed by atoms with E-state index in [9.17, 15) is 5.11 Å². The molecule has 2 aromatic rings. The Balaban J connectivity index is 2.08. The Morgan fingerprint density at radius 3 is 2.30 bits per heavy atom. The maximum Gasteiger partial charge on any atom is 0.131 e. The van der Waals surface area contributed by atoms with Crippen LogP contribution in [0.15, 0.2) is 48.5 Å². The van der Waals surface area contributed by atoms with E-state index in [4.69, 9.17) is 9.47 Å². The van der Waals surface area contributed by atoms with Gasteiger partial charge in [-0.25, -0.2) is 0 Å². The second-order valence-corrected chi connectivity index (χ2v) is 4.50. The topological polar surface area (TPSA) is 38.7 Å². The molecule has 0 spiro atoms. The van der Waals surface area contributed by atoms with Gasteiger partial charge in [-0.2, -0.15) is 0 Å². The first kappa shape index (κ1) is 14.4. The van der Waals surface area contributed by atoms with Crippen molar-refractivity contribution in [2.75, 3.05) is 6.61 Å². The van der Waals surface area contributed by atoms with Crippen LogP contribution < -0.4 is 9.47 Å². The third-order valence-corrected chi connectivity index (χ3v) is 3.00. The highest BCUT2D eigenvalue weighted by Gasteiger charge is 2.05. The van der Waals surface area contributed by atoms with Gasteiger partial charge < -0.3 is 14.6 Å². The molecule has 0 aliphatic carbocycles. The van der Waals surface area contributed by atoms with Gasteiger partial charge in [0.2, 0.25) is 0 Å². The minimum Gasteiger partial charge on any atom is -0.494 e. The summed E-state index contributed by atoms with van der Waals surface area (Å²) in [7, 11) is 0. The average Bonchev–Trinajstić information content (AvgIpc) is 2.48. The Labute approximate surface area is 119 Å². The number of aliphatic hydroxyl groups excluding tert-OH is 1. The van der Waals surface area contributed by atoms with Crippen molar-refractivity contribution in [1.29, 1.82) is 0 Å². The second-order valence-electron chi connectivity index (χ2n) is 4.50. The van der Waals surface area contributed by atoms with Crippen LogP contribution in [0.4, 0.5) is 0 Å². The lowest BCUT2D eigenvalue weighted by atomic mass is 10.1. The number of rotatable bonds is 6. The number of hydrogen-bond acceptors (Lipinski definition) is 3. The maximum absolute atomic E-state index is 9.75. The van der Waals surface area contributed by atoms with Crippen molar-refractivity contribution >= 4 is 0 Å². The highest BCUT2D eigenvalue weighted by molar-refractivity contribution is 5.37. The van der Waals surface area contributed by atoms with Gasteiger partial charge in [-0.3, -0.25) is 0 Å². The lowest BCUT2D eigenvalue weighted by Crippen LogP contribution is -1.95. The van der Waals surface area contributed by atoms with E-state index in [2.05, 4.69) is 0 Å². The summed E-state index contributed by atoms with van der Waals surface area (Å²) in [6.45, 7) is 4.53. The fourth-order valence-electron chi connectivity index (χ4n) is 1.92. The third kappa shape index (κ3) is 3.75. The summed E-state index contributed by atoms with van der Waals surface area (Å²) in [5.41, 5.74) is 0.905. The molecule has 0 unspecified atom stereocenters. The summed E-state index contributed by atoms with van der Waals surface area (Å²) >= 11 is 0. The molecule has 3 heteroatoms. The van der Waals surface area contributed by atoms with Gasteiger partial charge in [0.25, 0.3) is 0 Å². The Morgan fingerprint density at radius 2 is 1.65 bits per heavy atom. The van der Waals surface area contributed by atoms with Gasteiger partial charge in [-0.15, -0.1) is 0 Å². The molecule has 2 rings (SSSR count). The molecule has 0 saturated heterocycles. The van der Waals surface area contributed by atoms with Gasteiger partial charge in [0.05, 0.1) is 12.7 Å². The van der Waals surface area contributed by atoms with Gasteiger partial charge in [-0.05, 0) is 43.2 Å². The first-order valence-electron chi connectivity index (χ1n) is 6.91. The van der Waals surface area contributed by atoms with Crippen molar-refractivity contribution in [3.63, 3.8) is 0 Å². The number of benzene rings is 2. The van der Waals surface area contributed by atoms with E-state index in [-0.39, 0.29) is 0 Å². The molecule has 20 heavy (non-hydrogen) atoms. The van der Waals surface area contributed by atoms with Crippen LogP contribution in [0, 0.1) is 0 Å². The van der Waals surface area contributed by atoms with E-state index in [1.54, 1.807) is 0 Å². The number of aliphatic hydroxyl groups is 1. The summed E-state index contributed by atoms with van der Waals surface area (Å²) in [6.07, 6.45) is 0.293. The van der Waals surface area contributed by atoms with Gasteiger partial charge in [-0.1, -0.05) is 25.1 Å². The molecule has 3 nitrogen and oxygen atoms in total. The standard InChI is InChI=1S/C17H20O3/c1-3-17(18)13-8-10-14(11-9-13)20-16-7-5-6-15(12-16)19-4-2/h5-12,17-18H,3-4H2,1-2H3/t17-/m1/s1. The molecule has 0 amide bonds. The average molecular weight is 272 g/mol. The zero-order chi connectivity index (χ0) is 14.4. The van der Waals surface area contributed by atoms with Crippen molar-refractivity contribution in [3.8, 4) is 17.2 Å². The highest BCUT2D eigenvalue weighted by Crippen LogP contribution is 2.26. The fourth-order valence-corrected chi connectivity index (χ4v) is 1.92. The molecule has 0 heterocycles. The van der Waals surface area contributed by atoms with E-state index < -0.39 is 6.10 Å². The van der Waals surface area contributed by atoms with Crippen LogP contribution in [-0.4, -0.2) is 11.7 Å². The maximum atomic E-state index is 9.75. The molecule has 1 N–H and O–H groups in total. The van der Waals surface area contributed by atoms with Crippen LogP contribution in [0.1, 0.15) is 31.9 Å². The lowest BCUT2D eigenvalue weighted by molar-refractivity contribution is 0.173. The largest absolute Gasteiger partial charge is 0.494 e. The van der Waals surface area contributed by atoms with E-state index in [0.29, 0.717) is 13.0 Å². The Kier molecular flexibility index (Phi) is 5.02. The molecule has 0 bridgehead atoms. The molecule has 0 aromatic heterocycles. The van der Waals surface area contributed by atoms with Gasteiger partial charge in [0.1, 0.15) is 17.2 Å². The highest BCUT2D eigenvalue weighted by atomic mass is 16.5. The summed E-state index contributed by atoms with van der Waals surface area (Å²) < 4.78 is 11.2. The zero-order valence-electron chi connectivity index (χ0n) is 11.9. The minimum atomic E-state index is -0.412. The van der Waals surface area contributed by atoms with Crippen LogP contribution in [0.2, 0.25) is 0 Å². The first-order chi connectivity index (χ1) is 9.72. The van der Waals surface area contributed by atoms with Gasteiger partial charge in [0, 0.05) is 6.07 Å². The Bertz CT molecular complexity index is 534. The van der Waals surface area contributed by atoms with Crippen LogP contribution >= 0.6 is 0 Å². The van der Waals surface area contributed by atoms with Crippen LogP contribution in [-0.2, 0) is 0 Å². The molecule has 0 aliphatic heterocycles. The minimum absolute atomic E-state index is 0.412. The number of ether oxygens (including phenoxy) is 2. The smallest absolute Gasteiger partial charge is 0.131 e. The quantitative estimate of drug-likeness (QED) is 0.851. The second kappa shape index (κ2) is 6.96. The molecular weight excluding hydrogens is 252 g/mol.